The van der Waals surface area contributed by atoms with Crippen LogP contribution in [0.25, 0.3) is 0 Å². The summed E-state index contributed by atoms with van der Waals surface area (Å²) in [5, 5.41) is 18.6. The van der Waals surface area contributed by atoms with Gasteiger partial charge < -0.3 is 15.9 Å². The number of nitrogens with two attached hydrogens (primary N) is 1. The smallest absolute Gasteiger partial charge is 0.305 e. The maximum atomic E-state index is 10.5. The normalized spacial score (nSPS) is 16.0. The van der Waals surface area contributed by atoms with Crippen LogP contribution in [0.2, 0.25) is 0 Å². The van der Waals surface area contributed by atoms with Gasteiger partial charge in [-0.05, 0) is 23.5 Å². The van der Waals surface area contributed by atoms with E-state index < -0.39 is 18.1 Å². The van der Waals surface area contributed by atoms with E-state index >= 15 is 0 Å². The number of hydrogen-bond donors (Lipinski definition) is 3. The second-order valence-corrected chi connectivity index (χ2v) is 4.68. The summed E-state index contributed by atoms with van der Waals surface area (Å²) in [5.74, 6) is -0.526. The SMILES string of the molecule is CCC(C)c1ccc(C(O)C(N)CC(=O)O)cc1. The maximum absolute atomic E-state index is 10.5. The lowest BCUT2D eigenvalue weighted by atomic mass is 9.94. The van der Waals surface area contributed by atoms with Crippen LogP contribution < -0.4 is 5.73 Å². The highest BCUT2D eigenvalue weighted by atomic mass is 16.4. The van der Waals surface area contributed by atoms with E-state index in [4.69, 9.17) is 10.8 Å². The van der Waals surface area contributed by atoms with Gasteiger partial charge in [0.2, 0.25) is 0 Å². The van der Waals surface area contributed by atoms with Crippen molar-refractivity contribution < 1.29 is 15.0 Å². The number of aliphatic carboxylic acids is 1. The van der Waals surface area contributed by atoms with E-state index in [-0.39, 0.29) is 6.42 Å². The number of aliphatic hydroxyl groups is 1. The van der Waals surface area contributed by atoms with Gasteiger partial charge in [0.25, 0.3) is 0 Å². The second kappa shape index (κ2) is 6.52. The van der Waals surface area contributed by atoms with Crippen LogP contribution in [-0.4, -0.2) is 22.2 Å². The molecule has 0 aliphatic carbocycles. The first-order chi connectivity index (χ1) is 8.45. The first-order valence-corrected chi connectivity index (χ1v) is 6.21. The van der Waals surface area contributed by atoms with E-state index in [1.807, 2.05) is 24.3 Å². The summed E-state index contributed by atoms with van der Waals surface area (Å²) in [6.45, 7) is 4.26. The van der Waals surface area contributed by atoms with Gasteiger partial charge in [-0.3, -0.25) is 4.79 Å². The molecule has 100 valence electrons. The van der Waals surface area contributed by atoms with E-state index in [1.54, 1.807) is 0 Å². The van der Waals surface area contributed by atoms with E-state index in [9.17, 15) is 9.90 Å². The van der Waals surface area contributed by atoms with Crippen molar-refractivity contribution >= 4 is 5.97 Å². The molecule has 0 bridgehead atoms. The Bertz CT molecular complexity index is 389. The van der Waals surface area contributed by atoms with Crippen molar-refractivity contribution in [3.8, 4) is 0 Å². The molecule has 1 rings (SSSR count). The van der Waals surface area contributed by atoms with Crippen molar-refractivity contribution in [1.29, 1.82) is 0 Å². The minimum absolute atomic E-state index is 0.242. The largest absolute Gasteiger partial charge is 0.481 e. The molecule has 0 fully saturated rings. The highest BCUT2D eigenvalue weighted by molar-refractivity contribution is 5.67. The first-order valence-electron chi connectivity index (χ1n) is 6.21. The van der Waals surface area contributed by atoms with Crippen LogP contribution in [0.3, 0.4) is 0 Å². The number of carboxylic acids is 1. The predicted octanol–water partition coefficient (Wildman–Crippen LogP) is 2.04. The molecule has 4 nitrogen and oxygen atoms in total. The quantitative estimate of drug-likeness (QED) is 0.722. The summed E-state index contributed by atoms with van der Waals surface area (Å²) in [4.78, 5) is 10.5. The van der Waals surface area contributed by atoms with E-state index in [1.165, 1.54) is 5.56 Å². The fourth-order valence-electron chi connectivity index (χ4n) is 1.82. The van der Waals surface area contributed by atoms with Gasteiger partial charge in [0, 0.05) is 6.04 Å². The predicted molar refractivity (Wildman–Crippen MR) is 70.3 cm³/mol. The van der Waals surface area contributed by atoms with Crippen molar-refractivity contribution in [3.63, 3.8) is 0 Å². The summed E-state index contributed by atoms with van der Waals surface area (Å²) in [6.07, 6.45) is -0.124. The molecule has 4 N–H and O–H groups in total. The van der Waals surface area contributed by atoms with Gasteiger partial charge >= 0.3 is 5.97 Å². The summed E-state index contributed by atoms with van der Waals surface area (Å²) in [5.41, 5.74) is 7.51. The molecule has 0 heterocycles. The lowest BCUT2D eigenvalue weighted by molar-refractivity contribution is -0.138. The molecule has 18 heavy (non-hydrogen) atoms. The number of rotatable bonds is 6. The van der Waals surface area contributed by atoms with Crippen LogP contribution in [0.15, 0.2) is 24.3 Å². The van der Waals surface area contributed by atoms with Crippen LogP contribution >= 0.6 is 0 Å². The van der Waals surface area contributed by atoms with E-state index in [0.717, 1.165) is 6.42 Å². The van der Waals surface area contributed by atoms with Gasteiger partial charge in [-0.1, -0.05) is 38.1 Å². The molecule has 1 aromatic carbocycles. The fourth-order valence-corrected chi connectivity index (χ4v) is 1.82. The van der Waals surface area contributed by atoms with Gasteiger partial charge in [0.05, 0.1) is 12.5 Å². The standard InChI is InChI=1S/C14H21NO3/c1-3-9(2)10-4-6-11(7-5-10)14(18)12(15)8-13(16)17/h4-7,9,12,14,18H,3,8,15H2,1-2H3,(H,16,17). The molecule has 4 heteroatoms. The lowest BCUT2D eigenvalue weighted by Crippen LogP contribution is -2.30. The Hall–Kier alpha value is -1.39. The minimum atomic E-state index is -1.00. The molecule has 0 radical (unpaired) electrons. The number of carbonyl (C=O) groups is 1. The number of aliphatic hydroxyl groups excluding tert-OH is 1. The molecule has 1 aromatic rings. The fraction of sp³-hybridized carbons (Fsp3) is 0.500. The van der Waals surface area contributed by atoms with Crippen LogP contribution in [0.5, 0.6) is 0 Å². The van der Waals surface area contributed by atoms with Crippen molar-refractivity contribution in [2.45, 2.75) is 44.8 Å². The molecule has 0 aromatic heterocycles. The van der Waals surface area contributed by atoms with Gasteiger partial charge in [-0.2, -0.15) is 0 Å². The Kier molecular flexibility index (Phi) is 5.31. The number of hydrogen-bond acceptors (Lipinski definition) is 3. The highest BCUT2D eigenvalue weighted by Gasteiger charge is 2.19. The van der Waals surface area contributed by atoms with E-state index in [0.29, 0.717) is 11.5 Å². The summed E-state index contributed by atoms with van der Waals surface area (Å²) in [7, 11) is 0. The molecular formula is C14H21NO3. The molecular weight excluding hydrogens is 230 g/mol. The summed E-state index contributed by atoms with van der Waals surface area (Å²) < 4.78 is 0. The van der Waals surface area contributed by atoms with Crippen molar-refractivity contribution in [1.82, 2.24) is 0 Å². The second-order valence-electron chi connectivity index (χ2n) is 4.68. The van der Waals surface area contributed by atoms with Crippen LogP contribution in [0, 0.1) is 0 Å². The average molecular weight is 251 g/mol. The Morgan fingerprint density at radius 2 is 1.78 bits per heavy atom. The molecule has 3 unspecified atom stereocenters. The lowest BCUT2D eigenvalue weighted by Gasteiger charge is -2.18. The summed E-state index contributed by atoms with van der Waals surface area (Å²) in [6, 6.07) is 6.76. The van der Waals surface area contributed by atoms with Gasteiger partial charge in [-0.15, -0.1) is 0 Å². The third-order valence-electron chi connectivity index (χ3n) is 3.28. The minimum Gasteiger partial charge on any atom is -0.481 e. The third-order valence-corrected chi connectivity index (χ3v) is 3.28. The maximum Gasteiger partial charge on any atom is 0.305 e. The van der Waals surface area contributed by atoms with Gasteiger partial charge in [0.15, 0.2) is 0 Å². The van der Waals surface area contributed by atoms with E-state index in [2.05, 4.69) is 13.8 Å². The van der Waals surface area contributed by atoms with Gasteiger partial charge in [0.1, 0.15) is 0 Å². The molecule has 0 saturated carbocycles. The molecule has 0 saturated heterocycles. The topological polar surface area (TPSA) is 83.5 Å². The highest BCUT2D eigenvalue weighted by Crippen LogP contribution is 2.23. The van der Waals surface area contributed by atoms with Crippen molar-refractivity contribution in [2.75, 3.05) is 0 Å². The number of carboxylic acid groups (broad SMARTS) is 1. The zero-order chi connectivity index (χ0) is 13.7. The Morgan fingerprint density at radius 1 is 1.28 bits per heavy atom. The Labute approximate surface area is 107 Å². The average Bonchev–Trinajstić information content (AvgIpc) is 2.36. The monoisotopic (exact) mass is 251 g/mol. The molecule has 0 aliphatic rings. The first kappa shape index (κ1) is 14.7. The Morgan fingerprint density at radius 3 is 2.22 bits per heavy atom. The summed E-state index contributed by atoms with van der Waals surface area (Å²) >= 11 is 0. The van der Waals surface area contributed by atoms with Crippen LogP contribution in [-0.2, 0) is 4.79 Å². The van der Waals surface area contributed by atoms with Crippen molar-refractivity contribution in [2.24, 2.45) is 5.73 Å². The zero-order valence-electron chi connectivity index (χ0n) is 10.8. The van der Waals surface area contributed by atoms with Crippen molar-refractivity contribution in [3.05, 3.63) is 35.4 Å². The molecule has 0 amide bonds. The Balaban J connectivity index is 2.75. The zero-order valence-corrected chi connectivity index (χ0v) is 10.8. The van der Waals surface area contributed by atoms with Gasteiger partial charge in [-0.25, -0.2) is 0 Å². The van der Waals surface area contributed by atoms with Crippen LogP contribution in [0.4, 0.5) is 0 Å². The number of benzene rings is 1. The molecule has 0 aliphatic heterocycles. The van der Waals surface area contributed by atoms with Crippen LogP contribution in [0.1, 0.15) is 49.8 Å². The third kappa shape index (κ3) is 3.82. The molecule has 3 atom stereocenters. The molecule has 0 spiro atoms.